The van der Waals surface area contributed by atoms with Crippen LogP contribution >= 0.6 is 0 Å². The van der Waals surface area contributed by atoms with Gasteiger partial charge in [0.15, 0.2) is 6.10 Å². The van der Waals surface area contributed by atoms with Crippen molar-refractivity contribution in [2.75, 3.05) is 13.1 Å². The van der Waals surface area contributed by atoms with E-state index < -0.39 is 6.10 Å². The van der Waals surface area contributed by atoms with E-state index in [0.29, 0.717) is 12.5 Å². The van der Waals surface area contributed by atoms with E-state index in [0.717, 1.165) is 18.7 Å². The first-order chi connectivity index (χ1) is 9.88. The third kappa shape index (κ3) is 3.76. The summed E-state index contributed by atoms with van der Waals surface area (Å²) in [5, 5.41) is 0. The van der Waals surface area contributed by atoms with E-state index in [2.05, 4.69) is 26.8 Å². The largest absolute Gasteiger partial charge is 0.481 e. The molecule has 1 aliphatic rings. The predicted octanol–water partition coefficient (Wildman–Crippen LogP) is 2.45. The molecule has 4 nitrogen and oxygen atoms in total. The molecule has 0 aromatic heterocycles. The van der Waals surface area contributed by atoms with E-state index in [4.69, 9.17) is 10.5 Å². The highest BCUT2D eigenvalue weighted by Gasteiger charge is 2.28. The molecule has 1 heterocycles. The molecule has 1 fully saturated rings. The summed E-state index contributed by atoms with van der Waals surface area (Å²) in [5.41, 5.74) is 8.36. The number of amides is 1. The number of carbonyl (C=O) groups is 1. The summed E-state index contributed by atoms with van der Waals surface area (Å²) in [6.45, 7) is 9.60. The van der Waals surface area contributed by atoms with Crippen LogP contribution in [-0.2, 0) is 4.79 Å². The Hall–Kier alpha value is -1.55. The standard InChI is InChI=1S/C17H26N2O2/c1-11(2)16-6-5-15(9-12(16)3)21-13(4)17(20)19-8-7-14(18)10-19/h5-6,9,11,13-14H,7-8,10,18H2,1-4H3/t13-,14+/m1/s1. The van der Waals surface area contributed by atoms with Crippen LogP contribution < -0.4 is 10.5 Å². The van der Waals surface area contributed by atoms with Gasteiger partial charge in [-0.05, 0) is 49.4 Å². The Balaban J connectivity index is 2.01. The molecule has 0 radical (unpaired) electrons. The topological polar surface area (TPSA) is 55.6 Å². The molecule has 0 aliphatic carbocycles. The summed E-state index contributed by atoms with van der Waals surface area (Å²) in [4.78, 5) is 14.1. The molecule has 0 bridgehead atoms. The average Bonchev–Trinajstić information content (AvgIpc) is 2.84. The molecule has 1 amide bonds. The van der Waals surface area contributed by atoms with Crippen LogP contribution in [0.25, 0.3) is 0 Å². The second-order valence-corrected chi connectivity index (χ2v) is 6.27. The molecule has 1 aliphatic heterocycles. The number of rotatable bonds is 4. The van der Waals surface area contributed by atoms with Crippen LogP contribution in [0.3, 0.4) is 0 Å². The Morgan fingerprint density at radius 2 is 2.10 bits per heavy atom. The van der Waals surface area contributed by atoms with Gasteiger partial charge in [-0.1, -0.05) is 19.9 Å². The lowest BCUT2D eigenvalue weighted by Gasteiger charge is -2.22. The smallest absolute Gasteiger partial charge is 0.263 e. The van der Waals surface area contributed by atoms with Crippen molar-refractivity contribution in [1.82, 2.24) is 4.90 Å². The van der Waals surface area contributed by atoms with Crippen molar-refractivity contribution in [2.45, 2.75) is 52.2 Å². The molecule has 1 saturated heterocycles. The number of hydrogen-bond acceptors (Lipinski definition) is 3. The van der Waals surface area contributed by atoms with Crippen LogP contribution in [0.5, 0.6) is 5.75 Å². The van der Waals surface area contributed by atoms with Crippen molar-refractivity contribution < 1.29 is 9.53 Å². The van der Waals surface area contributed by atoms with Crippen LogP contribution in [0.15, 0.2) is 18.2 Å². The zero-order valence-electron chi connectivity index (χ0n) is 13.4. The van der Waals surface area contributed by atoms with Gasteiger partial charge in [0, 0.05) is 19.1 Å². The van der Waals surface area contributed by atoms with Gasteiger partial charge < -0.3 is 15.4 Å². The first kappa shape index (κ1) is 15.8. The quantitative estimate of drug-likeness (QED) is 0.926. The third-order valence-corrected chi connectivity index (χ3v) is 4.06. The van der Waals surface area contributed by atoms with Crippen LogP contribution in [0, 0.1) is 6.92 Å². The van der Waals surface area contributed by atoms with Crippen LogP contribution in [-0.4, -0.2) is 36.0 Å². The fraction of sp³-hybridized carbons (Fsp3) is 0.588. The Kier molecular flexibility index (Phi) is 4.88. The minimum Gasteiger partial charge on any atom is -0.481 e. The summed E-state index contributed by atoms with van der Waals surface area (Å²) < 4.78 is 5.81. The molecular weight excluding hydrogens is 264 g/mol. The number of likely N-dealkylation sites (tertiary alicyclic amines) is 1. The second-order valence-electron chi connectivity index (χ2n) is 6.27. The molecule has 1 aromatic carbocycles. The molecular formula is C17H26N2O2. The monoisotopic (exact) mass is 290 g/mol. The maximum Gasteiger partial charge on any atom is 0.263 e. The molecule has 0 saturated carbocycles. The van der Waals surface area contributed by atoms with Gasteiger partial charge in [-0.15, -0.1) is 0 Å². The third-order valence-electron chi connectivity index (χ3n) is 4.06. The fourth-order valence-electron chi connectivity index (χ4n) is 2.87. The Morgan fingerprint density at radius 3 is 2.62 bits per heavy atom. The van der Waals surface area contributed by atoms with Crippen molar-refractivity contribution in [3.63, 3.8) is 0 Å². The molecule has 21 heavy (non-hydrogen) atoms. The second kappa shape index (κ2) is 6.48. The molecule has 1 aromatic rings. The van der Waals surface area contributed by atoms with Gasteiger partial charge >= 0.3 is 0 Å². The van der Waals surface area contributed by atoms with Gasteiger partial charge in [-0.3, -0.25) is 4.79 Å². The van der Waals surface area contributed by atoms with E-state index in [9.17, 15) is 4.79 Å². The van der Waals surface area contributed by atoms with Crippen molar-refractivity contribution in [2.24, 2.45) is 5.73 Å². The molecule has 0 spiro atoms. The van der Waals surface area contributed by atoms with Gasteiger partial charge in [-0.25, -0.2) is 0 Å². The Labute approximate surface area is 127 Å². The zero-order chi connectivity index (χ0) is 15.6. The Morgan fingerprint density at radius 1 is 1.38 bits per heavy atom. The number of nitrogens with two attached hydrogens (primary N) is 1. The summed E-state index contributed by atoms with van der Waals surface area (Å²) in [5.74, 6) is 1.26. The van der Waals surface area contributed by atoms with Crippen molar-refractivity contribution in [3.05, 3.63) is 29.3 Å². The van der Waals surface area contributed by atoms with Crippen molar-refractivity contribution in [3.8, 4) is 5.75 Å². The molecule has 116 valence electrons. The van der Waals surface area contributed by atoms with Crippen molar-refractivity contribution in [1.29, 1.82) is 0 Å². The number of benzene rings is 1. The van der Waals surface area contributed by atoms with Gasteiger partial charge in [0.25, 0.3) is 5.91 Å². The summed E-state index contributed by atoms with van der Waals surface area (Å²) in [7, 11) is 0. The van der Waals surface area contributed by atoms with Gasteiger partial charge in [0.05, 0.1) is 0 Å². The van der Waals surface area contributed by atoms with Gasteiger partial charge in [-0.2, -0.15) is 0 Å². The number of ether oxygens (including phenoxy) is 1. The lowest BCUT2D eigenvalue weighted by molar-refractivity contribution is -0.136. The fourth-order valence-corrected chi connectivity index (χ4v) is 2.87. The average molecular weight is 290 g/mol. The predicted molar refractivity (Wildman–Crippen MR) is 84.5 cm³/mol. The van der Waals surface area contributed by atoms with Gasteiger partial charge in [0.2, 0.25) is 0 Å². The minimum atomic E-state index is -0.473. The SMILES string of the molecule is Cc1cc(O[C@H](C)C(=O)N2CC[C@H](N)C2)ccc1C(C)C. The van der Waals surface area contributed by atoms with Gasteiger partial charge in [0.1, 0.15) is 5.75 Å². The van der Waals surface area contributed by atoms with Crippen LogP contribution in [0.2, 0.25) is 0 Å². The lowest BCUT2D eigenvalue weighted by Crippen LogP contribution is -2.40. The van der Waals surface area contributed by atoms with Crippen molar-refractivity contribution >= 4 is 5.91 Å². The number of carbonyl (C=O) groups excluding carboxylic acids is 1. The van der Waals surface area contributed by atoms with Crippen LogP contribution in [0.1, 0.15) is 44.2 Å². The van der Waals surface area contributed by atoms with E-state index in [1.54, 1.807) is 11.8 Å². The van der Waals surface area contributed by atoms with E-state index in [1.807, 2.05) is 12.1 Å². The zero-order valence-corrected chi connectivity index (χ0v) is 13.4. The summed E-state index contributed by atoms with van der Waals surface area (Å²) >= 11 is 0. The molecule has 2 atom stereocenters. The molecule has 2 N–H and O–H groups in total. The highest BCUT2D eigenvalue weighted by Crippen LogP contribution is 2.24. The Bertz CT molecular complexity index is 514. The molecule has 2 rings (SSSR count). The normalized spacial score (nSPS) is 19.9. The summed E-state index contributed by atoms with van der Waals surface area (Å²) in [6.07, 6.45) is 0.403. The lowest BCUT2D eigenvalue weighted by atomic mass is 9.98. The maximum absolute atomic E-state index is 12.3. The number of aryl methyl sites for hydroxylation is 1. The highest BCUT2D eigenvalue weighted by molar-refractivity contribution is 5.81. The number of hydrogen-bond donors (Lipinski definition) is 1. The molecule has 4 heteroatoms. The highest BCUT2D eigenvalue weighted by atomic mass is 16.5. The number of nitrogens with zero attached hydrogens (tertiary/aromatic N) is 1. The minimum absolute atomic E-state index is 0.0218. The summed E-state index contributed by atoms with van der Waals surface area (Å²) in [6, 6.07) is 6.14. The van der Waals surface area contributed by atoms with E-state index in [1.165, 1.54) is 11.1 Å². The molecule has 0 unspecified atom stereocenters. The first-order valence-corrected chi connectivity index (χ1v) is 7.70. The van der Waals surface area contributed by atoms with Crippen LogP contribution in [0.4, 0.5) is 0 Å². The van der Waals surface area contributed by atoms with E-state index in [-0.39, 0.29) is 11.9 Å². The maximum atomic E-state index is 12.3. The first-order valence-electron chi connectivity index (χ1n) is 7.70. The van der Waals surface area contributed by atoms with E-state index >= 15 is 0 Å².